The van der Waals surface area contributed by atoms with Crippen molar-refractivity contribution in [2.24, 2.45) is 0 Å². The van der Waals surface area contributed by atoms with E-state index in [0.29, 0.717) is 12.3 Å². The van der Waals surface area contributed by atoms with Gasteiger partial charge in [-0.2, -0.15) is 0 Å². The van der Waals surface area contributed by atoms with Crippen molar-refractivity contribution in [2.45, 2.75) is 19.8 Å². The highest BCUT2D eigenvalue weighted by Crippen LogP contribution is 2.23. The predicted molar refractivity (Wildman–Crippen MR) is 61.9 cm³/mol. The van der Waals surface area contributed by atoms with E-state index >= 15 is 0 Å². The molecule has 4 heteroatoms. The average molecular weight is 223 g/mol. The van der Waals surface area contributed by atoms with Crippen LogP contribution in [-0.4, -0.2) is 24.7 Å². The molecule has 88 valence electrons. The van der Waals surface area contributed by atoms with Crippen molar-refractivity contribution in [3.05, 3.63) is 23.8 Å². The fourth-order valence-corrected chi connectivity index (χ4v) is 1.30. The molecule has 0 aromatic heterocycles. The van der Waals surface area contributed by atoms with Gasteiger partial charge >= 0.3 is 0 Å². The molecule has 0 aliphatic rings. The summed E-state index contributed by atoms with van der Waals surface area (Å²) in [5.74, 6) is 0.213. The van der Waals surface area contributed by atoms with Gasteiger partial charge in [0.05, 0.1) is 12.7 Å². The van der Waals surface area contributed by atoms with Crippen molar-refractivity contribution in [1.82, 2.24) is 5.32 Å². The number of phenolic OH excluding ortho intramolecular Hbond substituents is 1. The number of methoxy groups -OCH3 is 1. The van der Waals surface area contributed by atoms with Crippen LogP contribution in [-0.2, 0) is 0 Å². The molecule has 2 N–H and O–H groups in total. The average Bonchev–Trinajstić information content (AvgIpc) is 2.29. The highest BCUT2D eigenvalue weighted by molar-refractivity contribution is 5.96. The second-order valence-corrected chi connectivity index (χ2v) is 3.49. The van der Waals surface area contributed by atoms with E-state index in [-0.39, 0.29) is 17.2 Å². The number of carbonyl (C=O) groups excluding carboxylic acids is 1. The smallest absolute Gasteiger partial charge is 0.255 e. The van der Waals surface area contributed by atoms with E-state index in [1.807, 2.05) is 0 Å². The summed E-state index contributed by atoms with van der Waals surface area (Å²) >= 11 is 0. The summed E-state index contributed by atoms with van der Waals surface area (Å²) in [6.07, 6.45) is 1.96. The molecule has 0 aliphatic carbocycles. The van der Waals surface area contributed by atoms with Crippen LogP contribution in [0.15, 0.2) is 18.2 Å². The van der Waals surface area contributed by atoms with Crippen LogP contribution in [0.2, 0.25) is 0 Å². The maximum atomic E-state index is 11.6. The van der Waals surface area contributed by atoms with Crippen LogP contribution in [0.25, 0.3) is 0 Å². The molecule has 0 bridgehead atoms. The van der Waals surface area contributed by atoms with Crippen molar-refractivity contribution < 1.29 is 14.6 Å². The molecule has 0 aliphatic heterocycles. The Morgan fingerprint density at radius 1 is 1.50 bits per heavy atom. The Kier molecular flexibility index (Phi) is 4.64. The van der Waals surface area contributed by atoms with Crippen LogP contribution in [0, 0.1) is 0 Å². The number of nitrogens with one attached hydrogen (secondary N) is 1. The Hall–Kier alpha value is -1.71. The number of hydrogen-bond acceptors (Lipinski definition) is 3. The molecular formula is C12H17NO3. The number of ether oxygens (including phenoxy) is 1. The number of carbonyl (C=O) groups is 1. The molecule has 1 rings (SSSR count). The van der Waals surface area contributed by atoms with Crippen LogP contribution in [0.1, 0.15) is 30.1 Å². The number of unbranched alkanes of at least 4 members (excludes halogenated alkanes) is 1. The Morgan fingerprint density at radius 2 is 2.25 bits per heavy atom. The Balaban J connectivity index is 2.68. The van der Waals surface area contributed by atoms with Crippen LogP contribution >= 0.6 is 0 Å². The lowest BCUT2D eigenvalue weighted by atomic mass is 10.1. The Labute approximate surface area is 95.2 Å². The summed E-state index contributed by atoms with van der Waals surface area (Å²) < 4.78 is 4.94. The van der Waals surface area contributed by atoms with E-state index < -0.39 is 0 Å². The summed E-state index contributed by atoms with van der Waals surface area (Å²) in [5, 5.41) is 12.3. The summed E-state index contributed by atoms with van der Waals surface area (Å²) in [4.78, 5) is 11.6. The van der Waals surface area contributed by atoms with E-state index in [0.717, 1.165) is 12.8 Å². The molecule has 0 unspecified atom stereocenters. The number of phenols is 1. The minimum absolute atomic E-state index is 0.0617. The summed E-state index contributed by atoms with van der Waals surface area (Å²) in [6.45, 7) is 2.68. The Bertz CT molecular complexity index is 363. The molecular weight excluding hydrogens is 206 g/mol. The SMILES string of the molecule is CCCCNC(=O)c1ccc(OC)cc1O. The fourth-order valence-electron chi connectivity index (χ4n) is 1.30. The van der Waals surface area contributed by atoms with Crippen LogP contribution in [0.4, 0.5) is 0 Å². The van der Waals surface area contributed by atoms with Gasteiger partial charge in [-0.3, -0.25) is 4.79 Å². The van der Waals surface area contributed by atoms with E-state index in [1.54, 1.807) is 12.1 Å². The zero-order valence-electron chi connectivity index (χ0n) is 9.62. The van der Waals surface area contributed by atoms with Crippen molar-refractivity contribution in [3.63, 3.8) is 0 Å². The summed E-state index contributed by atoms with van der Waals surface area (Å²) in [5.41, 5.74) is 0.275. The van der Waals surface area contributed by atoms with E-state index in [2.05, 4.69) is 12.2 Å². The van der Waals surface area contributed by atoms with E-state index in [1.165, 1.54) is 13.2 Å². The maximum Gasteiger partial charge on any atom is 0.255 e. The monoisotopic (exact) mass is 223 g/mol. The van der Waals surface area contributed by atoms with Gasteiger partial charge in [0.1, 0.15) is 11.5 Å². The van der Waals surface area contributed by atoms with Crippen molar-refractivity contribution in [2.75, 3.05) is 13.7 Å². The number of hydrogen-bond donors (Lipinski definition) is 2. The van der Waals surface area contributed by atoms with Gasteiger partial charge in [0.2, 0.25) is 0 Å². The van der Waals surface area contributed by atoms with E-state index in [4.69, 9.17) is 4.74 Å². The lowest BCUT2D eigenvalue weighted by molar-refractivity contribution is 0.0950. The predicted octanol–water partition coefficient (Wildman–Crippen LogP) is 1.93. The number of amides is 1. The molecule has 1 aromatic carbocycles. The molecule has 0 spiro atoms. The molecule has 0 saturated carbocycles. The maximum absolute atomic E-state index is 11.6. The molecule has 0 fully saturated rings. The zero-order valence-corrected chi connectivity index (χ0v) is 9.62. The van der Waals surface area contributed by atoms with Crippen molar-refractivity contribution in [1.29, 1.82) is 0 Å². The number of benzene rings is 1. The lowest BCUT2D eigenvalue weighted by Gasteiger charge is -2.07. The minimum Gasteiger partial charge on any atom is -0.507 e. The number of aromatic hydroxyl groups is 1. The molecule has 0 radical (unpaired) electrons. The zero-order chi connectivity index (χ0) is 12.0. The third kappa shape index (κ3) is 3.15. The van der Waals surface area contributed by atoms with Crippen molar-refractivity contribution in [3.8, 4) is 11.5 Å². The topological polar surface area (TPSA) is 58.6 Å². The molecule has 16 heavy (non-hydrogen) atoms. The Morgan fingerprint density at radius 3 is 2.81 bits per heavy atom. The first-order valence-electron chi connectivity index (χ1n) is 5.34. The first-order chi connectivity index (χ1) is 7.69. The quantitative estimate of drug-likeness (QED) is 0.750. The summed E-state index contributed by atoms with van der Waals surface area (Å²) in [7, 11) is 1.51. The molecule has 0 saturated heterocycles. The second kappa shape index (κ2) is 6.00. The molecule has 4 nitrogen and oxygen atoms in total. The van der Waals surface area contributed by atoms with E-state index in [9.17, 15) is 9.90 Å². The third-order valence-corrected chi connectivity index (χ3v) is 2.27. The normalized spacial score (nSPS) is 9.88. The van der Waals surface area contributed by atoms with Crippen LogP contribution < -0.4 is 10.1 Å². The lowest BCUT2D eigenvalue weighted by Crippen LogP contribution is -2.24. The van der Waals surface area contributed by atoms with Gasteiger partial charge in [-0.05, 0) is 18.6 Å². The van der Waals surface area contributed by atoms with Crippen molar-refractivity contribution >= 4 is 5.91 Å². The molecule has 0 heterocycles. The number of rotatable bonds is 5. The van der Waals surface area contributed by atoms with Gasteiger partial charge in [-0.25, -0.2) is 0 Å². The van der Waals surface area contributed by atoms with Gasteiger partial charge in [0, 0.05) is 12.6 Å². The third-order valence-electron chi connectivity index (χ3n) is 2.27. The second-order valence-electron chi connectivity index (χ2n) is 3.49. The van der Waals surface area contributed by atoms with Gasteiger partial charge < -0.3 is 15.2 Å². The van der Waals surface area contributed by atoms with Gasteiger partial charge in [0.15, 0.2) is 0 Å². The van der Waals surface area contributed by atoms with Crippen LogP contribution in [0.5, 0.6) is 11.5 Å². The highest BCUT2D eigenvalue weighted by Gasteiger charge is 2.10. The molecule has 0 atom stereocenters. The minimum atomic E-state index is -0.256. The first-order valence-corrected chi connectivity index (χ1v) is 5.34. The molecule has 1 amide bonds. The van der Waals surface area contributed by atoms with Crippen LogP contribution in [0.3, 0.4) is 0 Å². The fraction of sp³-hybridized carbons (Fsp3) is 0.417. The van der Waals surface area contributed by atoms with Gasteiger partial charge in [0.25, 0.3) is 5.91 Å². The summed E-state index contributed by atoms with van der Waals surface area (Å²) in [6, 6.07) is 4.62. The van der Waals surface area contributed by atoms with Gasteiger partial charge in [-0.1, -0.05) is 13.3 Å². The standard InChI is InChI=1S/C12H17NO3/c1-3-4-7-13-12(15)10-6-5-9(16-2)8-11(10)14/h5-6,8,14H,3-4,7H2,1-2H3,(H,13,15). The largest absolute Gasteiger partial charge is 0.507 e. The first kappa shape index (κ1) is 12.4. The van der Waals surface area contributed by atoms with Gasteiger partial charge in [-0.15, -0.1) is 0 Å². The highest BCUT2D eigenvalue weighted by atomic mass is 16.5. The molecule has 1 aromatic rings.